The number of fused-ring (bicyclic) bond motifs is 1. The molecule has 0 fully saturated rings. The summed E-state index contributed by atoms with van der Waals surface area (Å²) in [6.07, 6.45) is -7.15. The van der Waals surface area contributed by atoms with Crippen molar-refractivity contribution in [3.63, 3.8) is 0 Å². The van der Waals surface area contributed by atoms with E-state index in [9.17, 15) is 26.3 Å². The SMILES string of the molecule is FC(F)(F)c1ccc(-c2nc3cc(C(F)(F)F)ccn3c2I)nc1. The van der Waals surface area contributed by atoms with Crippen molar-refractivity contribution in [3.8, 4) is 11.4 Å². The second-order valence-corrected chi connectivity index (χ2v) is 5.84. The standard InChI is InChI=1S/C14H6F6IN3/c15-13(16,17)7-3-4-24-10(5-7)23-11(12(24)21)9-2-1-8(6-22-9)14(18,19)20/h1-6H. The van der Waals surface area contributed by atoms with Gasteiger partial charge in [0.2, 0.25) is 0 Å². The minimum absolute atomic E-state index is 0.0333. The van der Waals surface area contributed by atoms with Crippen LogP contribution in [-0.4, -0.2) is 14.4 Å². The largest absolute Gasteiger partial charge is 0.417 e. The highest BCUT2D eigenvalue weighted by molar-refractivity contribution is 14.1. The molecule has 3 nitrogen and oxygen atoms in total. The molecule has 0 unspecified atom stereocenters. The molecule has 3 aromatic rings. The first kappa shape index (κ1) is 17.0. The number of pyridine rings is 2. The zero-order valence-electron chi connectivity index (χ0n) is 11.5. The first-order chi connectivity index (χ1) is 11.1. The maximum Gasteiger partial charge on any atom is 0.417 e. The van der Waals surface area contributed by atoms with Crippen LogP contribution in [-0.2, 0) is 12.4 Å². The van der Waals surface area contributed by atoms with Gasteiger partial charge in [-0.2, -0.15) is 26.3 Å². The fourth-order valence-electron chi connectivity index (χ4n) is 2.06. The van der Waals surface area contributed by atoms with Gasteiger partial charge in [0, 0.05) is 12.4 Å². The summed E-state index contributed by atoms with van der Waals surface area (Å²) in [5.41, 5.74) is -1.38. The molecule has 0 aliphatic rings. The molecule has 10 heteroatoms. The summed E-state index contributed by atoms with van der Waals surface area (Å²) in [6, 6.07) is 3.76. The molecule has 0 atom stereocenters. The average molecular weight is 457 g/mol. The number of hydrogen-bond donors (Lipinski definition) is 0. The van der Waals surface area contributed by atoms with E-state index >= 15 is 0 Å². The third kappa shape index (κ3) is 3.06. The Morgan fingerprint density at radius 2 is 1.58 bits per heavy atom. The molecule has 0 amide bonds. The van der Waals surface area contributed by atoms with Gasteiger partial charge in [0.15, 0.2) is 0 Å². The molecule has 0 aliphatic carbocycles. The van der Waals surface area contributed by atoms with Crippen LogP contribution in [0.3, 0.4) is 0 Å². The summed E-state index contributed by atoms with van der Waals surface area (Å²) in [4.78, 5) is 7.78. The van der Waals surface area contributed by atoms with Gasteiger partial charge in [-0.3, -0.25) is 9.38 Å². The lowest BCUT2D eigenvalue weighted by atomic mass is 10.2. The highest BCUT2D eigenvalue weighted by Crippen LogP contribution is 2.33. The van der Waals surface area contributed by atoms with Crippen LogP contribution >= 0.6 is 22.6 Å². The molecule has 3 heterocycles. The topological polar surface area (TPSA) is 30.2 Å². The Bertz CT molecular complexity index is 896. The van der Waals surface area contributed by atoms with E-state index in [2.05, 4.69) is 9.97 Å². The predicted molar refractivity (Wildman–Crippen MR) is 81.1 cm³/mol. The minimum Gasteiger partial charge on any atom is -0.294 e. The molecular formula is C14H6F6IN3. The lowest BCUT2D eigenvalue weighted by Crippen LogP contribution is -2.05. The molecule has 0 bridgehead atoms. The summed E-state index contributed by atoms with van der Waals surface area (Å²) in [5, 5.41) is 0. The minimum atomic E-state index is -4.51. The molecule has 0 saturated heterocycles. The summed E-state index contributed by atoms with van der Waals surface area (Å²) >= 11 is 1.85. The van der Waals surface area contributed by atoms with Crippen molar-refractivity contribution in [2.75, 3.05) is 0 Å². The van der Waals surface area contributed by atoms with E-state index in [4.69, 9.17) is 0 Å². The van der Waals surface area contributed by atoms with Crippen LogP contribution in [0.15, 0.2) is 36.7 Å². The van der Waals surface area contributed by atoms with E-state index in [-0.39, 0.29) is 17.0 Å². The molecule has 3 rings (SSSR count). The second kappa shape index (κ2) is 5.60. The molecule has 3 aromatic heterocycles. The number of aromatic nitrogens is 3. The molecule has 0 spiro atoms. The zero-order valence-corrected chi connectivity index (χ0v) is 13.6. The van der Waals surface area contributed by atoms with Crippen LogP contribution < -0.4 is 0 Å². The van der Waals surface area contributed by atoms with E-state index in [1.165, 1.54) is 10.6 Å². The van der Waals surface area contributed by atoms with E-state index in [1.807, 2.05) is 22.6 Å². The third-order valence-corrected chi connectivity index (χ3v) is 4.26. The van der Waals surface area contributed by atoms with Crippen molar-refractivity contribution in [2.24, 2.45) is 0 Å². The van der Waals surface area contributed by atoms with Gasteiger partial charge in [0.25, 0.3) is 0 Å². The summed E-state index contributed by atoms with van der Waals surface area (Å²) < 4.78 is 77.8. The van der Waals surface area contributed by atoms with Crippen molar-refractivity contribution in [1.82, 2.24) is 14.4 Å². The van der Waals surface area contributed by atoms with Gasteiger partial charge in [-0.05, 0) is 46.9 Å². The second-order valence-electron chi connectivity index (χ2n) is 4.82. The van der Waals surface area contributed by atoms with Gasteiger partial charge in [-0.15, -0.1) is 0 Å². The van der Waals surface area contributed by atoms with Gasteiger partial charge in [0.05, 0.1) is 16.8 Å². The number of nitrogens with zero attached hydrogens (tertiary/aromatic N) is 3. The number of imidazole rings is 1. The molecule has 0 N–H and O–H groups in total. The Kier molecular flexibility index (Phi) is 3.97. The summed E-state index contributed by atoms with van der Waals surface area (Å²) in [5.74, 6) is 0. The average Bonchev–Trinajstić information content (AvgIpc) is 2.82. The lowest BCUT2D eigenvalue weighted by Gasteiger charge is -2.06. The van der Waals surface area contributed by atoms with Crippen LogP contribution in [0.4, 0.5) is 26.3 Å². The van der Waals surface area contributed by atoms with E-state index in [0.717, 1.165) is 24.3 Å². The van der Waals surface area contributed by atoms with Gasteiger partial charge >= 0.3 is 12.4 Å². The highest BCUT2D eigenvalue weighted by Gasteiger charge is 2.32. The van der Waals surface area contributed by atoms with Gasteiger partial charge in [0.1, 0.15) is 15.0 Å². The Labute approximate surface area is 144 Å². The van der Waals surface area contributed by atoms with Crippen molar-refractivity contribution in [2.45, 2.75) is 12.4 Å². The van der Waals surface area contributed by atoms with E-state index in [0.29, 0.717) is 9.90 Å². The predicted octanol–water partition coefficient (Wildman–Crippen LogP) is 5.04. The molecule has 0 aromatic carbocycles. The maximum atomic E-state index is 12.7. The summed E-state index contributed by atoms with van der Waals surface area (Å²) in [7, 11) is 0. The Morgan fingerprint density at radius 3 is 2.12 bits per heavy atom. The van der Waals surface area contributed by atoms with Crippen LogP contribution in [0.2, 0.25) is 0 Å². The van der Waals surface area contributed by atoms with E-state index < -0.39 is 23.5 Å². The van der Waals surface area contributed by atoms with Crippen LogP contribution in [0.25, 0.3) is 17.0 Å². The van der Waals surface area contributed by atoms with Crippen LogP contribution in [0.5, 0.6) is 0 Å². The Balaban J connectivity index is 2.08. The molecule has 24 heavy (non-hydrogen) atoms. The highest BCUT2D eigenvalue weighted by atomic mass is 127. The monoisotopic (exact) mass is 457 g/mol. The Morgan fingerprint density at radius 1 is 0.917 bits per heavy atom. The van der Waals surface area contributed by atoms with Crippen molar-refractivity contribution < 1.29 is 26.3 Å². The Hall–Kier alpha value is -1.85. The zero-order chi connectivity index (χ0) is 17.7. The van der Waals surface area contributed by atoms with Gasteiger partial charge < -0.3 is 0 Å². The first-order valence-corrected chi connectivity index (χ1v) is 7.43. The van der Waals surface area contributed by atoms with Crippen LogP contribution in [0.1, 0.15) is 11.1 Å². The fourth-order valence-corrected chi connectivity index (χ4v) is 2.86. The number of alkyl halides is 6. The fraction of sp³-hybridized carbons (Fsp3) is 0.143. The third-order valence-electron chi connectivity index (χ3n) is 3.23. The molecular weight excluding hydrogens is 451 g/mol. The van der Waals surface area contributed by atoms with Gasteiger partial charge in [-0.1, -0.05) is 0 Å². The van der Waals surface area contributed by atoms with Crippen molar-refractivity contribution >= 4 is 28.2 Å². The van der Waals surface area contributed by atoms with Crippen molar-refractivity contribution in [3.05, 3.63) is 51.5 Å². The van der Waals surface area contributed by atoms with Crippen molar-refractivity contribution in [1.29, 1.82) is 0 Å². The quantitative estimate of drug-likeness (QED) is 0.379. The number of halogens is 7. The van der Waals surface area contributed by atoms with Crippen LogP contribution in [0, 0.1) is 3.70 Å². The molecule has 0 saturated carbocycles. The van der Waals surface area contributed by atoms with E-state index in [1.54, 1.807) is 0 Å². The number of rotatable bonds is 1. The smallest absolute Gasteiger partial charge is 0.294 e. The molecule has 0 radical (unpaired) electrons. The number of hydrogen-bond acceptors (Lipinski definition) is 2. The normalized spacial score (nSPS) is 12.8. The first-order valence-electron chi connectivity index (χ1n) is 6.36. The molecule has 0 aliphatic heterocycles. The lowest BCUT2D eigenvalue weighted by molar-refractivity contribution is -0.138. The maximum absolute atomic E-state index is 12.7. The molecule has 126 valence electrons. The van der Waals surface area contributed by atoms with Gasteiger partial charge in [-0.25, -0.2) is 4.98 Å². The summed E-state index contributed by atoms with van der Waals surface area (Å²) in [6.45, 7) is 0.